The molecule has 2 fully saturated rings. The number of carbonyl (C=O) groups is 3. The topological polar surface area (TPSA) is 89.3 Å². The lowest BCUT2D eigenvalue weighted by molar-refractivity contribution is -0.123. The normalized spacial score (nSPS) is 24.3. The minimum atomic E-state index is -0.883. The van der Waals surface area contributed by atoms with Crippen LogP contribution in [0.4, 0.5) is 5.69 Å². The van der Waals surface area contributed by atoms with E-state index in [0.29, 0.717) is 17.2 Å². The molecule has 2 amide bonds. The van der Waals surface area contributed by atoms with Crippen LogP contribution < -0.4 is 14.4 Å². The lowest BCUT2D eigenvalue weighted by Crippen LogP contribution is -2.44. The third-order valence-corrected chi connectivity index (χ3v) is 7.12. The number of furan rings is 1. The first-order valence-electron chi connectivity index (χ1n) is 11.3. The second kappa shape index (κ2) is 7.87. The zero-order chi connectivity index (χ0) is 24.3. The van der Waals surface area contributed by atoms with Crippen molar-refractivity contribution in [3.63, 3.8) is 0 Å². The first kappa shape index (κ1) is 21.2. The van der Waals surface area contributed by atoms with Gasteiger partial charge in [0, 0.05) is 12.3 Å². The Bertz CT molecular complexity index is 1380. The molecule has 2 aromatic carbocycles. The molecule has 3 aromatic rings. The maximum Gasteiger partial charge on any atom is 0.240 e. The molecule has 1 aromatic heterocycles. The van der Waals surface area contributed by atoms with E-state index in [4.69, 9.17) is 13.9 Å². The van der Waals surface area contributed by atoms with E-state index in [1.165, 1.54) is 20.5 Å². The molecule has 0 aliphatic carbocycles. The summed E-state index contributed by atoms with van der Waals surface area (Å²) < 4.78 is 16.1. The number of imide groups is 1. The largest absolute Gasteiger partial charge is 0.497 e. The number of rotatable bonds is 5. The number of hydrogen-bond donors (Lipinski definition) is 0. The molecule has 3 aliphatic rings. The quantitative estimate of drug-likeness (QED) is 0.415. The van der Waals surface area contributed by atoms with Gasteiger partial charge in [0.05, 0.1) is 44.0 Å². The van der Waals surface area contributed by atoms with Crippen molar-refractivity contribution in [2.24, 2.45) is 11.8 Å². The van der Waals surface area contributed by atoms with Gasteiger partial charge in [-0.25, -0.2) is 4.90 Å². The fourth-order valence-electron chi connectivity index (χ4n) is 5.63. The SMILES string of the molecule is COc1ccc(N2C(=O)[C@@H]3[C@H](C2=O)[C@@H]2c4ccccc4C=CN2[C@@H]3C(=O)c2ccco2)c(OC)c1. The number of benzene rings is 2. The summed E-state index contributed by atoms with van der Waals surface area (Å²) in [5.41, 5.74) is 2.19. The monoisotopic (exact) mass is 470 g/mol. The summed E-state index contributed by atoms with van der Waals surface area (Å²) in [6.45, 7) is 0. The van der Waals surface area contributed by atoms with Gasteiger partial charge in [-0.1, -0.05) is 24.3 Å². The Labute approximate surface area is 201 Å². The van der Waals surface area contributed by atoms with Gasteiger partial charge in [-0.2, -0.15) is 0 Å². The molecular weight excluding hydrogens is 448 g/mol. The molecule has 4 atom stereocenters. The number of ether oxygens (including phenoxy) is 2. The molecule has 4 heterocycles. The number of carbonyl (C=O) groups excluding carboxylic acids is 3. The average Bonchev–Trinajstić information content (AvgIpc) is 3.60. The predicted octanol–water partition coefficient (Wildman–Crippen LogP) is 3.70. The molecule has 0 saturated carbocycles. The van der Waals surface area contributed by atoms with Crippen molar-refractivity contribution in [3.8, 4) is 11.5 Å². The van der Waals surface area contributed by atoms with Gasteiger partial charge in [0.1, 0.15) is 17.5 Å². The second-order valence-corrected chi connectivity index (χ2v) is 8.72. The van der Waals surface area contributed by atoms with E-state index in [-0.39, 0.29) is 17.5 Å². The molecule has 3 aliphatic heterocycles. The molecule has 8 nitrogen and oxygen atoms in total. The molecular formula is C27H22N2O6. The van der Waals surface area contributed by atoms with Crippen LogP contribution in [0.2, 0.25) is 0 Å². The van der Waals surface area contributed by atoms with Crippen LogP contribution in [0.3, 0.4) is 0 Å². The van der Waals surface area contributed by atoms with Crippen LogP contribution in [0.15, 0.2) is 71.5 Å². The highest BCUT2D eigenvalue weighted by Crippen LogP contribution is 2.54. The molecule has 176 valence electrons. The number of fused-ring (bicyclic) bond motifs is 5. The summed E-state index contributed by atoms with van der Waals surface area (Å²) in [6, 6.07) is 14.5. The molecule has 0 unspecified atom stereocenters. The van der Waals surface area contributed by atoms with Gasteiger partial charge < -0.3 is 18.8 Å². The Kier molecular flexibility index (Phi) is 4.77. The minimum absolute atomic E-state index is 0.155. The number of amides is 2. The lowest BCUT2D eigenvalue weighted by Gasteiger charge is -2.35. The molecule has 0 spiro atoms. The van der Waals surface area contributed by atoms with Crippen LogP contribution >= 0.6 is 0 Å². The van der Waals surface area contributed by atoms with E-state index in [9.17, 15) is 14.4 Å². The van der Waals surface area contributed by atoms with E-state index in [1.807, 2.05) is 41.4 Å². The van der Waals surface area contributed by atoms with Crippen molar-refractivity contribution < 1.29 is 28.3 Å². The summed E-state index contributed by atoms with van der Waals surface area (Å²) in [5, 5.41) is 0. The van der Waals surface area contributed by atoms with Crippen molar-refractivity contribution in [3.05, 3.63) is 83.9 Å². The number of hydrogen-bond acceptors (Lipinski definition) is 7. The number of nitrogens with zero attached hydrogens (tertiary/aromatic N) is 2. The van der Waals surface area contributed by atoms with E-state index >= 15 is 0 Å². The zero-order valence-electron chi connectivity index (χ0n) is 19.1. The standard InChI is InChI=1S/C27H22N2O6/c1-33-16-9-10-18(20(14-16)34-2)29-26(31)21-22(27(29)32)24(25(30)19-8-5-13-35-19)28-12-11-15-6-3-4-7-17(15)23(21)28/h3-14,21-24H,1-2H3/t21-,22+,23-,24-/m0/s1. The molecule has 0 N–H and O–H groups in total. The van der Waals surface area contributed by atoms with Crippen LogP contribution in [0.25, 0.3) is 6.08 Å². The first-order chi connectivity index (χ1) is 17.0. The fourth-order valence-corrected chi connectivity index (χ4v) is 5.63. The molecule has 6 rings (SSSR count). The number of anilines is 1. The Morgan fingerprint density at radius 1 is 0.943 bits per heavy atom. The van der Waals surface area contributed by atoms with Gasteiger partial charge in [0.25, 0.3) is 0 Å². The summed E-state index contributed by atoms with van der Waals surface area (Å²) in [7, 11) is 3.00. The molecule has 35 heavy (non-hydrogen) atoms. The predicted molar refractivity (Wildman–Crippen MR) is 126 cm³/mol. The Morgan fingerprint density at radius 3 is 2.49 bits per heavy atom. The smallest absolute Gasteiger partial charge is 0.240 e. The van der Waals surface area contributed by atoms with E-state index in [2.05, 4.69) is 0 Å². The third kappa shape index (κ3) is 2.96. The molecule has 2 saturated heterocycles. The maximum atomic E-state index is 14.0. The van der Waals surface area contributed by atoms with Crippen molar-refractivity contribution >= 4 is 29.4 Å². The van der Waals surface area contributed by atoms with Crippen LogP contribution in [0.5, 0.6) is 11.5 Å². The summed E-state index contributed by atoms with van der Waals surface area (Å²) in [5.74, 6) is -1.73. The third-order valence-electron chi connectivity index (χ3n) is 7.12. The Hall–Kier alpha value is -4.33. The van der Waals surface area contributed by atoms with Crippen LogP contribution in [0.1, 0.15) is 27.7 Å². The van der Waals surface area contributed by atoms with E-state index in [1.54, 1.807) is 30.3 Å². The number of Topliss-reactive ketones (excluding diaryl/α,β-unsaturated/α-hetero) is 1. The van der Waals surface area contributed by atoms with Crippen LogP contribution in [0, 0.1) is 11.8 Å². The van der Waals surface area contributed by atoms with Crippen molar-refractivity contribution in [2.45, 2.75) is 12.1 Å². The van der Waals surface area contributed by atoms with Gasteiger partial charge in [0.15, 0.2) is 5.76 Å². The first-order valence-corrected chi connectivity index (χ1v) is 11.3. The van der Waals surface area contributed by atoms with E-state index < -0.39 is 29.8 Å². The van der Waals surface area contributed by atoms with Crippen molar-refractivity contribution in [2.75, 3.05) is 19.1 Å². The highest BCUT2D eigenvalue weighted by Gasteiger charge is 2.65. The number of ketones is 1. The zero-order valence-corrected chi connectivity index (χ0v) is 19.1. The van der Waals surface area contributed by atoms with E-state index in [0.717, 1.165) is 16.0 Å². The van der Waals surface area contributed by atoms with Crippen molar-refractivity contribution in [1.29, 1.82) is 0 Å². The van der Waals surface area contributed by atoms with Gasteiger partial charge in [-0.15, -0.1) is 0 Å². The van der Waals surface area contributed by atoms with Crippen LogP contribution in [-0.4, -0.2) is 42.8 Å². The van der Waals surface area contributed by atoms with Gasteiger partial charge in [-0.05, 0) is 41.5 Å². The van der Waals surface area contributed by atoms with Gasteiger partial charge in [0.2, 0.25) is 17.6 Å². The molecule has 0 radical (unpaired) electrons. The highest BCUT2D eigenvalue weighted by atomic mass is 16.5. The second-order valence-electron chi connectivity index (χ2n) is 8.72. The Balaban J connectivity index is 1.50. The average molecular weight is 470 g/mol. The van der Waals surface area contributed by atoms with Gasteiger partial charge >= 0.3 is 0 Å². The summed E-state index contributed by atoms with van der Waals surface area (Å²) in [4.78, 5) is 44.6. The maximum absolute atomic E-state index is 14.0. The van der Waals surface area contributed by atoms with Crippen LogP contribution in [-0.2, 0) is 9.59 Å². The molecule has 8 heteroatoms. The lowest BCUT2D eigenvalue weighted by atomic mass is 9.84. The van der Waals surface area contributed by atoms with Crippen molar-refractivity contribution in [1.82, 2.24) is 4.90 Å². The summed E-state index contributed by atoms with van der Waals surface area (Å²) >= 11 is 0. The number of methoxy groups -OCH3 is 2. The summed E-state index contributed by atoms with van der Waals surface area (Å²) in [6.07, 6.45) is 5.15. The fraction of sp³-hybridized carbons (Fsp3) is 0.222. The Morgan fingerprint density at radius 2 is 1.74 bits per heavy atom. The molecule has 0 bridgehead atoms. The highest BCUT2D eigenvalue weighted by molar-refractivity contribution is 6.25. The van der Waals surface area contributed by atoms with Gasteiger partial charge in [-0.3, -0.25) is 14.4 Å². The minimum Gasteiger partial charge on any atom is -0.497 e.